The predicted molar refractivity (Wildman–Crippen MR) is 75.2 cm³/mol. The molecule has 0 amide bonds. The number of ether oxygens (including phenoxy) is 1. The first-order chi connectivity index (χ1) is 7.67. The summed E-state index contributed by atoms with van der Waals surface area (Å²) in [5.41, 5.74) is 2.53. The van der Waals surface area contributed by atoms with E-state index in [0.29, 0.717) is 0 Å². The van der Waals surface area contributed by atoms with Gasteiger partial charge in [-0.25, -0.2) is 0 Å². The Morgan fingerprint density at radius 3 is 2.65 bits per heavy atom. The van der Waals surface area contributed by atoms with E-state index in [9.17, 15) is 0 Å². The lowest BCUT2D eigenvalue weighted by molar-refractivity contribution is 0.318. The number of nitrogens with one attached hydrogen (secondary N) is 1. The number of hydrogen-bond donors (Lipinski definition) is 1. The molecule has 0 atom stereocenters. The summed E-state index contributed by atoms with van der Waals surface area (Å²) in [6.45, 7) is 5.07. The van der Waals surface area contributed by atoms with Crippen LogP contribution in [0.3, 0.4) is 0 Å². The standard InChI is InChI=1S/C13H22N2O.ClH/c1-11-5-6-13(16-4)12(9-11)10-15(3)8-7-14-2;/h5-6,9,14H,7-8,10H2,1-4H3;1H. The number of aryl methyl sites for hydroxylation is 1. The molecule has 0 radical (unpaired) electrons. The van der Waals surface area contributed by atoms with Gasteiger partial charge in [-0.05, 0) is 27.1 Å². The Morgan fingerprint density at radius 1 is 1.35 bits per heavy atom. The van der Waals surface area contributed by atoms with Gasteiger partial charge in [0.05, 0.1) is 7.11 Å². The van der Waals surface area contributed by atoms with Gasteiger partial charge in [-0.2, -0.15) is 0 Å². The minimum absolute atomic E-state index is 0. The normalized spacial score (nSPS) is 10.2. The zero-order chi connectivity index (χ0) is 12.0. The molecule has 0 fully saturated rings. The Labute approximate surface area is 111 Å². The number of benzene rings is 1. The van der Waals surface area contributed by atoms with Crippen LogP contribution >= 0.6 is 12.4 Å². The van der Waals surface area contributed by atoms with Crippen LogP contribution in [0.4, 0.5) is 0 Å². The summed E-state index contributed by atoms with van der Waals surface area (Å²) < 4.78 is 5.36. The van der Waals surface area contributed by atoms with E-state index in [4.69, 9.17) is 4.74 Å². The van der Waals surface area contributed by atoms with Gasteiger partial charge in [0.15, 0.2) is 0 Å². The molecule has 1 rings (SSSR count). The lowest BCUT2D eigenvalue weighted by Gasteiger charge is -2.18. The molecule has 1 aromatic rings. The molecule has 0 unspecified atom stereocenters. The average Bonchev–Trinajstić information content (AvgIpc) is 2.27. The SMILES string of the molecule is CNCCN(C)Cc1cc(C)ccc1OC.Cl. The van der Waals surface area contributed by atoms with Crippen molar-refractivity contribution in [2.45, 2.75) is 13.5 Å². The van der Waals surface area contributed by atoms with Crippen LogP contribution in [0.2, 0.25) is 0 Å². The first-order valence-electron chi connectivity index (χ1n) is 5.64. The lowest BCUT2D eigenvalue weighted by Crippen LogP contribution is -2.27. The maximum atomic E-state index is 5.36. The van der Waals surface area contributed by atoms with E-state index in [2.05, 4.69) is 36.3 Å². The fourth-order valence-electron chi connectivity index (χ4n) is 1.70. The third-order valence-electron chi connectivity index (χ3n) is 2.62. The highest BCUT2D eigenvalue weighted by molar-refractivity contribution is 5.85. The molecule has 0 aliphatic heterocycles. The van der Waals surface area contributed by atoms with E-state index >= 15 is 0 Å². The van der Waals surface area contributed by atoms with Crippen molar-refractivity contribution < 1.29 is 4.74 Å². The van der Waals surface area contributed by atoms with Gasteiger partial charge in [0.2, 0.25) is 0 Å². The van der Waals surface area contributed by atoms with E-state index in [-0.39, 0.29) is 12.4 Å². The van der Waals surface area contributed by atoms with Crippen LogP contribution in [0.5, 0.6) is 5.75 Å². The van der Waals surface area contributed by atoms with Gasteiger partial charge in [0.1, 0.15) is 5.75 Å². The van der Waals surface area contributed by atoms with Gasteiger partial charge >= 0.3 is 0 Å². The van der Waals surface area contributed by atoms with Crippen LogP contribution in [0.25, 0.3) is 0 Å². The number of methoxy groups -OCH3 is 1. The van der Waals surface area contributed by atoms with E-state index < -0.39 is 0 Å². The van der Waals surface area contributed by atoms with Crippen LogP contribution in [0.15, 0.2) is 18.2 Å². The molecule has 17 heavy (non-hydrogen) atoms. The zero-order valence-corrected chi connectivity index (χ0v) is 11.9. The van der Waals surface area contributed by atoms with Crippen LogP contribution in [-0.2, 0) is 6.54 Å². The summed E-state index contributed by atoms with van der Waals surface area (Å²) >= 11 is 0. The number of hydrogen-bond acceptors (Lipinski definition) is 3. The summed E-state index contributed by atoms with van der Waals surface area (Å²) in [5, 5.41) is 3.15. The van der Waals surface area contributed by atoms with Gasteiger partial charge in [0.25, 0.3) is 0 Å². The second-order valence-corrected chi connectivity index (χ2v) is 4.16. The highest BCUT2D eigenvalue weighted by Crippen LogP contribution is 2.20. The summed E-state index contributed by atoms with van der Waals surface area (Å²) in [7, 11) is 5.82. The Balaban J connectivity index is 0.00000256. The number of rotatable bonds is 6. The van der Waals surface area contributed by atoms with E-state index in [1.165, 1.54) is 11.1 Å². The van der Waals surface area contributed by atoms with Crippen molar-refractivity contribution in [3.63, 3.8) is 0 Å². The Morgan fingerprint density at radius 2 is 2.06 bits per heavy atom. The lowest BCUT2D eigenvalue weighted by atomic mass is 10.1. The highest BCUT2D eigenvalue weighted by Gasteiger charge is 2.06. The first-order valence-corrected chi connectivity index (χ1v) is 5.64. The van der Waals surface area contributed by atoms with E-state index in [1.54, 1.807) is 7.11 Å². The van der Waals surface area contributed by atoms with Crippen LogP contribution in [0.1, 0.15) is 11.1 Å². The fraction of sp³-hybridized carbons (Fsp3) is 0.538. The molecule has 4 heteroatoms. The molecular formula is C13H23ClN2O. The molecule has 0 heterocycles. The summed E-state index contributed by atoms with van der Waals surface area (Å²) in [5.74, 6) is 0.974. The molecule has 0 bridgehead atoms. The Bertz CT molecular complexity index is 331. The van der Waals surface area contributed by atoms with Crippen molar-refractivity contribution in [2.24, 2.45) is 0 Å². The number of halogens is 1. The maximum absolute atomic E-state index is 5.36. The minimum atomic E-state index is 0. The molecule has 1 N–H and O–H groups in total. The van der Waals surface area contributed by atoms with Crippen LogP contribution < -0.4 is 10.1 Å². The number of nitrogens with zero attached hydrogens (tertiary/aromatic N) is 1. The van der Waals surface area contributed by atoms with Gasteiger partial charge in [-0.1, -0.05) is 17.7 Å². The van der Waals surface area contributed by atoms with Gasteiger partial charge < -0.3 is 15.0 Å². The molecule has 0 aliphatic carbocycles. The predicted octanol–water partition coefficient (Wildman–Crippen LogP) is 2.08. The molecule has 0 saturated heterocycles. The maximum Gasteiger partial charge on any atom is 0.123 e. The number of likely N-dealkylation sites (N-methyl/N-ethyl adjacent to an activating group) is 2. The zero-order valence-electron chi connectivity index (χ0n) is 11.1. The third-order valence-corrected chi connectivity index (χ3v) is 2.62. The molecule has 98 valence electrons. The molecule has 3 nitrogen and oxygen atoms in total. The van der Waals surface area contributed by atoms with Crippen LogP contribution in [0, 0.1) is 6.92 Å². The van der Waals surface area contributed by atoms with Crippen molar-refractivity contribution in [2.75, 3.05) is 34.3 Å². The third kappa shape index (κ3) is 5.39. The second kappa shape index (κ2) is 8.34. The van der Waals surface area contributed by atoms with Crippen molar-refractivity contribution in [3.05, 3.63) is 29.3 Å². The van der Waals surface area contributed by atoms with Crippen molar-refractivity contribution in [1.29, 1.82) is 0 Å². The minimum Gasteiger partial charge on any atom is -0.496 e. The smallest absolute Gasteiger partial charge is 0.123 e. The first kappa shape index (κ1) is 16.2. The summed E-state index contributed by atoms with van der Waals surface area (Å²) in [4.78, 5) is 2.29. The van der Waals surface area contributed by atoms with E-state index in [1.807, 2.05) is 13.1 Å². The summed E-state index contributed by atoms with van der Waals surface area (Å²) in [6, 6.07) is 6.31. The van der Waals surface area contributed by atoms with Gasteiger partial charge in [0, 0.05) is 25.2 Å². The molecule has 1 aromatic carbocycles. The molecule has 0 saturated carbocycles. The van der Waals surface area contributed by atoms with Crippen LogP contribution in [-0.4, -0.2) is 39.2 Å². The van der Waals surface area contributed by atoms with Gasteiger partial charge in [-0.3, -0.25) is 0 Å². The second-order valence-electron chi connectivity index (χ2n) is 4.16. The monoisotopic (exact) mass is 258 g/mol. The van der Waals surface area contributed by atoms with Crippen molar-refractivity contribution in [1.82, 2.24) is 10.2 Å². The Kier molecular flexibility index (Phi) is 7.96. The Hall–Kier alpha value is -0.770. The highest BCUT2D eigenvalue weighted by atomic mass is 35.5. The van der Waals surface area contributed by atoms with E-state index in [0.717, 1.165) is 25.4 Å². The largest absolute Gasteiger partial charge is 0.496 e. The fourth-order valence-corrected chi connectivity index (χ4v) is 1.70. The molecule has 0 spiro atoms. The quantitative estimate of drug-likeness (QED) is 0.846. The van der Waals surface area contributed by atoms with Crippen molar-refractivity contribution in [3.8, 4) is 5.75 Å². The molecular weight excluding hydrogens is 236 g/mol. The topological polar surface area (TPSA) is 24.5 Å². The average molecular weight is 259 g/mol. The van der Waals surface area contributed by atoms with Gasteiger partial charge in [-0.15, -0.1) is 12.4 Å². The molecule has 0 aliphatic rings. The molecule has 0 aromatic heterocycles. The van der Waals surface area contributed by atoms with Crippen molar-refractivity contribution >= 4 is 12.4 Å². The summed E-state index contributed by atoms with van der Waals surface area (Å²) in [6.07, 6.45) is 0.